The van der Waals surface area contributed by atoms with Crippen molar-refractivity contribution in [1.82, 2.24) is 9.97 Å². The third-order valence-electron chi connectivity index (χ3n) is 3.55. The van der Waals surface area contributed by atoms with Gasteiger partial charge in [0.05, 0.1) is 7.11 Å². The summed E-state index contributed by atoms with van der Waals surface area (Å²) in [6, 6.07) is 5.33. The van der Waals surface area contributed by atoms with Gasteiger partial charge in [-0.2, -0.15) is 0 Å². The molecule has 2 rings (SSSR count). The summed E-state index contributed by atoms with van der Waals surface area (Å²) in [7, 11) is 1.27. The molecule has 116 valence electrons. The minimum Gasteiger partial charge on any atom is -0.465 e. The maximum atomic E-state index is 12.1. The lowest BCUT2D eigenvalue weighted by atomic mass is 9.99. The van der Waals surface area contributed by atoms with Gasteiger partial charge in [-0.3, -0.25) is 9.78 Å². The van der Waals surface area contributed by atoms with Crippen LogP contribution in [0.4, 0.5) is 0 Å². The topological polar surface area (TPSA) is 72.0 Å². The zero-order valence-corrected chi connectivity index (χ0v) is 12.9. The highest BCUT2D eigenvalue weighted by atomic mass is 16.5. The number of nitrogens with zero attached hydrogens (tertiary/aromatic N) is 1. The third-order valence-corrected chi connectivity index (χ3v) is 3.55. The number of carbonyl (C=O) groups excluding carboxylic acids is 1. The SMILES string of the molecule is CCCCCc1[nH]c(=O)c(C(=O)OC)cc1-c1ccncc1. The van der Waals surface area contributed by atoms with E-state index in [0.717, 1.165) is 42.5 Å². The summed E-state index contributed by atoms with van der Waals surface area (Å²) in [6.07, 6.45) is 7.33. The highest BCUT2D eigenvalue weighted by Crippen LogP contribution is 2.23. The number of methoxy groups -OCH3 is 1. The van der Waals surface area contributed by atoms with E-state index in [2.05, 4.69) is 21.6 Å². The van der Waals surface area contributed by atoms with Crippen LogP contribution in [0.1, 0.15) is 42.2 Å². The van der Waals surface area contributed by atoms with Gasteiger partial charge in [-0.05, 0) is 36.6 Å². The van der Waals surface area contributed by atoms with Crippen LogP contribution in [0.15, 0.2) is 35.4 Å². The lowest BCUT2D eigenvalue weighted by molar-refractivity contribution is 0.0598. The number of aromatic nitrogens is 2. The Morgan fingerprint density at radius 2 is 2.00 bits per heavy atom. The molecular formula is C17H20N2O3. The molecule has 0 saturated heterocycles. The van der Waals surface area contributed by atoms with Crippen LogP contribution in [-0.2, 0) is 11.2 Å². The lowest BCUT2D eigenvalue weighted by Crippen LogP contribution is -2.21. The Kier molecular flexibility index (Phi) is 5.47. The first-order valence-electron chi connectivity index (χ1n) is 7.42. The van der Waals surface area contributed by atoms with Gasteiger partial charge in [0, 0.05) is 23.7 Å². The molecule has 5 heteroatoms. The average Bonchev–Trinajstić information content (AvgIpc) is 2.55. The van der Waals surface area contributed by atoms with Gasteiger partial charge in [-0.1, -0.05) is 19.8 Å². The smallest absolute Gasteiger partial charge is 0.343 e. The fourth-order valence-corrected chi connectivity index (χ4v) is 2.37. The van der Waals surface area contributed by atoms with Crippen LogP contribution in [0, 0.1) is 0 Å². The van der Waals surface area contributed by atoms with E-state index in [1.165, 1.54) is 7.11 Å². The molecule has 0 aliphatic carbocycles. The molecular weight excluding hydrogens is 280 g/mol. The van der Waals surface area contributed by atoms with Gasteiger partial charge in [0.2, 0.25) is 0 Å². The number of ether oxygens (including phenoxy) is 1. The van der Waals surface area contributed by atoms with Crippen LogP contribution in [0.2, 0.25) is 0 Å². The molecule has 0 radical (unpaired) electrons. The van der Waals surface area contributed by atoms with Gasteiger partial charge >= 0.3 is 5.97 Å². The van der Waals surface area contributed by atoms with Crippen LogP contribution in [0.5, 0.6) is 0 Å². The molecule has 0 bridgehead atoms. The number of pyridine rings is 2. The van der Waals surface area contributed by atoms with Crippen molar-refractivity contribution in [3.05, 3.63) is 52.2 Å². The normalized spacial score (nSPS) is 10.5. The molecule has 2 aromatic heterocycles. The van der Waals surface area contributed by atoms with E-state index in [9.17, 15) is 9.59 Å². The van der Waals surface area contributed by atoms with Crippen LogP contribution >= 0.6 is 0 Å². The van der Waals surface area contributed by atoms with E-state index in [-0.39, 0.29) is 5.56 Å². The molecule has 0 aromatic carbocycles. The number of rotatable bonds is 6. The average molecular weight is 300 g/mol. The van der Waals surface area contributed by atoms with Gasteiger partial charge < -0.3 is 9.72 Å². The van der Waals surface area contributed by atoms with E-state index in [1.807, 2.05) is 12.1 Å². The van der Waals surface area contributed by atoms with Gasteiger partial charge in [0.1, 0.15) is 5.56 Å². The highest BCUT2D eigenvalue weighted by molar-refractivity contribution is 5.90. The predicted molar refractivity (Wildman–Crippen MR) is 84.9 cm³/mol. The van der Waals surface area contributed by atoms with E-state index in [1.54, 1.807) is 18.5 Å². The molecule has 2 aromatic rings. The summed E-state index contributed by atoms with van der Waals surface area (Å²) in [6.45, 7) is 2.13. The fourth-order valence-electron chi connectivity index (χ4n) is 2.37. The molecule has 0 unspecified atom stereocenters. The molecule has 1 N–H and O–H groups in total. The number of aromatic amines is 1. The maximum Gasteiger partial charge on any atom is 0.343 e. The number of hydrogen-bond acceptors (Lipinski definition) is 4. The minimum absolute atomic E-state index is 0.0218. The zero-order chi connectivity index (χ0) is 15.9. The van der Waals surface area contributed by atoms with Crippen molar-refractivity contribution in [3.8, 4) is 11.1 Å². The molecule has 0 aliphatic heterocycles. The lowest BCUT2D eigenvalue weighted by Gasteiger charge is -2.11. The molecule has 0 fully saturated rings. The third kappa shape index (κ3) is 3.61. The van der Waals surface area contributed by atoms with Crippen molar-refractivity contribution < 1.29 is 9.53 Å². The first-order valence-corrected chi connectivity index (χ1v) is 7.42. The summed E-state index contributed by atoms with van der Waals surface area (Å²) >= 11 is 0. The van der Waals surface area contributed by atoms with Gasteiger partial charge in [-0.25, -0.2) is 4.79 Å². The Balaban J connectivity index is 2.50. The summed E-state index contributed by atoms with van der Waals surface area (Å²) < 4.78 is 4.68. The van der Waals surface area contributed by atoms with E-state index < -0.39 is 11.5 Å². The Morgan fingerprint density at radius 3 is 2.64 bits per heavy atom. The Labute approximate surface area is 129 Å². The number of unbranched alkanes of at least 4 members (excludes halogenated alkanes) is 2. The van der Waals surface area contributed by atoms with Gasteiger partial charge in [-0.15, -0.1) is 0 Å². The monoisotopic (exact) mass is 300 g/mol. The van der Waals surface area contributed by atoms with E-state index >= 15 is 0 Å². The van der Waals surface area contributed by atoms with Crippen LogP contribution in [0.3, 0.4) is 0 Å². The largest absolute Gasteiger partial charge is 0.465 e. The number of carbonyl (C=O) groups is 1. The van der Waals surface area contributed by atoms with Crippen LogP contribution < -0.4 is 5.56 Å². The molecule has 5 nitrogen and oxygen atoms in total. The molecule has 0 spiro atoms. The molecule has 22 heavy (non-hydrogen) atoms. The minimum atomic E-state index is -0.628. The number of aryl methyl sites for hydroxylation is 1. The number of hydrogen-bond donors (Lipinski definition) is 1. The van der Waals surface area contributed by atoms with E-state index in [4.69, 9.17) is 0 Å². The first-order chi connectivity index (χ1) is 10.7. The molecule has 0 amide bonds. The summed E-state index contributed by atoms with van der Waals surface area (Å²) in [5, 5.41) is 0. The second kappa shape index (κ2) is 7.54. The van der Waals surface area contributed by atoms with Crippen molar-refractivity contribution in [3.63, 3.8) is 0 Å². The van der Waals surface area contributed by atoms with Crippen molar-refractivity contribution in [2.75, 3.05) is 7.11 Å². The zero-order valence-electron chi connectivity index (χ0n) is 12.9. The predicted octanol–water partition coefficient (Wildman–Crippen LogP) is 2.96. The quantitative estimate of drug-likeness (QED) is 0.657. The summed E-state index contributed by atoms with van der Waals surface area (Å²) in [5.41, 5.74) is 2.23. The highest BCUT2D eigenvalue weighted by Gasteiger charge is 2.16. The summed E-state index contributed by atoms with van der Waals surface area (Å²) in [4.78, 5) is 30.7. The van der Waals surface area contributed by atoms with Crippen molar-refractivity contribution >= 4 is 5.97 Å². The molecule has 2 heterocycles. The van der Waals surface area contributed by atoms with E-state index in [0.29, 0.717) is 0 Å². The van der Waals surface area contributed by atoms with Crippen LogP contribution in [0.25, 0.3) is 11.1 Å². The first kappa shape index (κ1) is 15.9. The second-order valence-corrected chi connectivity index (χ2v) is 5.09. The summed E-state index contributed by atoms with van der Waals surface area (Å²) in [5.74, 6) is -0.628. The molecule has 0 saturated carbocycles. The molecule has 0 aliphatic rings. The molecule has 0 atom stereocenters. The number of esters is 1. The van der Waals surface area contributed by atoms with Gasteiger partial charge in [0.25, 0.3) is 5.56 Å². The fraction of sp³-hybridized carbons (Fsp3) is 0.353. The standard InChI is InChI=1S/C17H20N2O3/c1-3-4-5-6-15-13(12-7-9-18-10-8-12)11-14(16(20)19-15)17(21)22-2/h7-11H,3-6H2,1-2H3,(H,19,20). The van der Waals surface area contributed by atoms with Gasteiger partial charge in [0.15, 0.2) is 0 Å². The number of nitrogens with one attached hydrogen (secondary N) is 1. The second-order valence-electron chi connectivity index (χ2n) is 5.09. The van der Waals surface area contributed by atoms with Crippen molar-refractivity contribution in [1.29, 1.82) is 0 Å². The maximum absolute atomic E-state index is 12.1. The Hall–Kier alpha value is -2.43. The number of H-pyrrole nitrogens is 1. The Morgan fingerprint density at radius 1 is 1.27 bits per heavy atom. The van der Waals surface area contributed by atoms with Crippen molar-refractivity contribution in [2.45, 2.75) is 32.6 Å². The Bertz CT molecular complexity index is 693. The van der Waals surface area contributed by atoms with Crippen molar-refractivity contribution in [2.24, 2.45) is 0 Å². The van der Waals surface area contributed by atoms with Crippen LogP contribution in [-0.4, -0.2) is 23.0 Å².